The molecule has 0 aliphatic carbocycles. The molecule has 3 aromatic rings. The van der Waals surface area contributed by atoms with Gasteiger partial charge in [-0.15, -0.1) is 0 Å². The predicted octanol–water partition coefficient (Wildman–Crippen LogP) is 4.90. The number of aromatic nitrogens is 2. The SMILES string of the molecule is CC(C)(C)c1ccc(-c2noc(C3CCC(=O)N3Cc3ccccc3)n2)cc1. The molecular weight excluding hydrogens is 350 g/mol. The molecule has 5 nitrogen and oxygen atoms in total. The summed E-state index contributed by atoms with van der Waals surface area (Å²) in [4.78, 5) is 18.9. The number of carbonyl (C=O) groups is 1. The minimum absolute atomic E-state index is 0.100. The minimum Gasteiger partial charge on any atom is -0.337 e. The molecule has 144 valence electrons. The van der Waals surface area contributed by atoms with E-state index < -0.39 is 0 Å². The first-order valence-corrected chi connectivity index (χ1v) is 9.70. The third-order valence-corrected chi connectivity index (χ3v) is 5.26. The number of carbonyl (C=O) groups excluding carboxylic acids is 1. The van der Waals surface area contributed by atoms with E-state index in [0.717, 1.165) is 11.1 Å². The second-order valence-corrected chi connectivity index (χ2v) is 8.35. The normalized spacial score (nSPS) is 17.3. The molecule has 2 heterocycles. The van der Waals surface area contributed by atoms with Crippen LogP contribution in [0.4, 0.5) is 0 Å². The monoisotopic (exact) mass is 375 g/mol. The molecule has 0 saturated carbocycles. The van der Waals surface area contributed by atoms with Crippen molar-refractivity contribution in [2.45, 2.75) is 51.6 Å². The molecule has 1 unspecified atom stereocenters. The van der Waals surface area contributed by atoms with Crippen LogP contribution < -0.4 is 0 Å². The van der Waals surface area contributed by atoms with Crippen molar-refractivity contribution in [2.24, 2.45) is 0 Å². The van der Waals surface area contributed by atoms with E-state index in [2.05, 4.69) is 43.0 Å². The van der Waals surface area contributed by atoms with Crippen LogP contribution in [-0.2, 0) is 16.8 Å². The maximum Gasteiger partial charge on any atom is 0.249 e. The molecule has 1 fully saturated rings. The summed E-state index contributed by atoms with van der Waals surface area (Å²) < 4.78 is 5.56. The van der Waals surface area contributed by atoms with Gasteiger partial charge in [-0.1, -0.05) is 80.5 Å². The van der Waals surface area contributed by atoms with Crippen LogP contribution in [-0.4, -0.2) is 20.9 Å². The Morgan fingerprint density at radius 3 is 2.46 bits per heavy atom. The number of nitrogens with zero attached hydrogens (tertiary/aromatic N) is 3. The fourth-order valence-corrected chi connectivity index (χ4v) is 3.58. The van der Waals surface area contributed by atoms with Gasteiger partial charge in [0.05, 0.1) is 0 Å². The first kappa shape index (κ1) is 18.4. The Hall–Kier alpha value is -2.95. The van der Waals surface area contributed by atoms with Gasteiger partial charge in [0.15, 0.2) is 0 Å². The number of benzene rings is 2. The lowest BCUT2D eigenvalue weighted by Crippen LogP contribution is -2.27. The van der Waals surface area contributed by atoms with Crippen LogP contribution in [0.2, 0.25) is 0 Å². The molecule has 4 rings (SSSR count). The zero-order valence-corrected chi connectivity index (χ0v) is 16.6. The van der Waals surface area contributed by atoms with E-state index in [1.165, 1.54) is 5.56 Å². The number of amides is 1. The fourth-order valence-electron chi connectivity index (χ4n) is 3.58. The molecular formula is C23H25N3O2. The zero-order valence-electron chi connectivity index (χ0n) is 16.6. The van der Waals surface area contributed by atoms with Crippen molar-refractivity contribution in [2.75, 3.05) is 0 Å². The molecule has 0 radical (unpaired) electrons. The molecule has 0 spiro atoms. The highest BCUT2D eigenvalue weighted by molar-refractivity contribution is 5.78. The Kier molecular flexibility index (Phi) is 4.75. The first-order chi connectivity index (χ1) is 13.4. The lowest BCUT2D eigenvalue weighted by molar-refractivity contribution is -0.129. The largest absolute Gasteiger partial charge is 0.337 e. The van der Waals surface area contributed by atoms with Crippen LogP contribution in [0.25, 0.3) is 11.4 Å². The summed E-state index contributed by atoms with van der Waals surface area (Å²) in [5.41, 5.74) is 3.38. The van der Waals surface area contributed by atoms with Crippen molar-refractivity contribution in [3.05, 3.63) is 71.6 Å². The first-order valence-electron chi connectivity index (χ1n) is 9.70. The van der Waals surface area contributed by atoms with E-state index in [1.54, 1.807) is 0 Å². The van der Waals surface area contributed by atoms with Gasteiger partial charge in [-0.2, -0.15) is 4.98 Å². The Balaban J connectivity index is 1.55. The summed E-state index contributed by atoms with van der Waals surface area (Å²) in [6.07, 6.45) is 1.21. The van der Waals surface area contributed by atoms with Crippen LogP contribution in [0.1, 0.15) is 56.7 Å². The summed E-state index contributed by atoms with van der Waals surface area (Å²) in [5, 5.41) is 4.17. The van der Waals surface area contributed by atoms with Gasteiger partial charge in [-0.3, -0.25) is 4.79 Å². The van der Waals surface area contributed by atoms with Crippen LogP contribution in [0.15, 0.2) is 59.1 Å². The van der Waals surface area contributed by atoms with Crippen LogP contribution in [0.3, 0.4) is 0 Å². The lowest BCUT2D eigenvalue weighted by Gasteiger charge is -2.22. The quantitative estimate of drug-likeness (QED) is 0.651. The predicted molar refractivity (Wildman–Crippen MR) is 107 cm³/mol. The second kappa shape index (κ2) is 7.23. The number of hydrogen-bond donors (Lipinski definition) is 0. The standard InChI is InChI=1S/C23H25N3O2/c1-23(2,3)18-11-9-17(10-12-18)21-24-22(28-25-21)19-13-14-20(27)26(19)15-16-7-5-4-6-8-16/h4-12,19H,13-15H2,1-3H3. The highest BCUT2D eigenvalue weighted by Gasteiger charge is 2.36. The molecule has 1 aromatic heterocycles. The summed E-state index contributed by atoms with van der Waals surface area (Å²) in [5.74, 6) is 1.20. The van der Waals surface area contributed by atoms with Crippen molar-refractivity contribution in [1.29, 1.82) is 0 Å². The van der Waals surface area contributed by atoms with Gasteiger partial charge in [0.2, 0.25) is 17.6 Å². The summed E-state index contributed by atoms with van der Waals surface area (Å²) in [6, 6.07) is 18.1. The van der Waals surface area contributed by atoms with E-state index in [0.29, 0.717) is 31.1 Å². The molecule has 1 aliphatic rings. The Morgan fingerprint density at radius 1 is 1.07 bits per heavy atom. The maximum atomic E-state index is 12.4. The molecule has 1 atom stereocenters. The zero-order chi connectivity index (χ0) is 19.7. The van der Waals surface area contributed by atoms with E-state index in [1.807, 2.05) is 47.4 Å². The van der Waals surface area contributed by atoms with Crippen LogP contribution >= 0.6 is 0 Å². The maximum absolute atomic E-state index is 12.4. The molecule has 0 bridgehead atoms. The van der Waals surface area contributed by atoms with Gasteiger partial charge >= 0.3 is 0 Å². The molecule has 5 heteroatoms. The Morgan fingerprint density at radius 2 is 1.79 bits per heavy atom. The van der Waals surface area contributed by atoms with Crippen molar-refractivity contribution >= 4 is 5.91 Å². The average molecular weight is 375 g/mol. The van der Waals surface area contributed by atoms with Crippen molar-refractivity contribution in [3.63, 3.8) is 0 Å². The Bertz CT molecular complexity index is 956. The smallest absolute Gasteiger partial charge is 0.249 e. The molecule has 28 heavy (non-hydrogen) atoms. The number of rotatable bonds is 4. The van der Waals surface area contributed by atoms with E-state index in [9.17, 15) is 4.79 Å². The van der Waals surface area contributed by atoms with Crippen LogP contribution in [0, 0.1) is 0 Å². The van der Waals surface area contributed by atoms with Crippen molar-refractivity contribution in [3.8, 4) is 11.4 Å². The van der Waals surface area contributed by atoms with Gasteiger partial charge in [-0.05, 0) is 23.0 Å². The topological polar surface area (TPSA) is 59.2 Å². The highest BCUT2D eigenvalue weighted by atomic mass is 16.5. The minimum atomic E-state index is -0.164. The summed E-state index contributed by atoms with van der Waals surface area (Å²) >= 11 is 0. The van der Waals surface area contributed by atoms with Crippen molar-refractivity contribution < 1.29 is 9.32 Å². The van der Waals surface area contributed by atoms with Gasteiger partial charge in [0.1, 0.15) is 6.04 Å². The van der Waals surface area contributed by atoms with Crippen molar-refractivity contribution in [1.82, 2.24) is 15.0 Å². The second-order valence-electron chi connectivity index (χ2n) is 8.35. The summed E-state index contributed by atoms with van der Waals surface area (Å²) in [6.45, 7) is 7.12. The highest BCUT2D eigenvalue weighted by Crippen LogP contribution is 2.34. The molecule has 1 amide bonds. The number of hydrogen-bond acceptors (Lipinski definition) is 4. The van der Waals surface area contributed by atoms with Crippen LogP contribution in [0.5, 0.6) is 0 Å². The average Bonchev–Trinajstić information content (AvgIpc) is 3.30. The lowest BCUT2D eigenvalue weighted by atomic mass is 9.87. The van der Waals surface area contributed by atoms with Gasteiger partial charge in [0, 0.05) is 18.5 Å². The third-order valence-electron chi connectivity index (χ3n) is 5.26. The van der Waals surface area contributed by atoms with E-state index >= 15 is 0 Å². The van der Waals surface area contributed by atoms with E-state index in [4.69, 9.17) is 4.52 Å². The molecule has 0 N–H and O–H groups in total. The summed E-state index contributed by atoms with van der Waals surface area (Å²) in [7, 11) is 0. The van der Waals surface area contributed by atoms with E-state index in [-0.39, 0.29) is 17.4 Å². The third kappa shape index (κ3) is 3.70. The Labute approximate surface area is 165 Å². The number of likely N-dealkylation sites (tertiary alicyclic amines) is 1. The molecule has 1 aliphatic heterocycles. The van der Waals surface area contributed by atoms with Gasteiger partial charge < -0.3 is 9.42 Å². The fraction of sp³-hybridized carbons (Fsp3) is 0.348. The molecule has 1 saturated heterocycles. The van der Waals surface area contributed by atoms with Gasteiger partial charge in [0.25, 0.3) is 0 Å². The van der Waals surface area contributed by atoms with Gasteiger partial charge in [-0.25, -0.2) is 0 Å². The molecule has 2 aromatic carbocycles.